The van der Waals surface area contributed by atoms with Crippen molar-refractivity contribution in [3.63, 3.8) is 0 Å². The van der Waals surface area contributed by atoms with Gasteiger partial charge in [-0.15, -0.1) is 0 Å². The third-order valence-electron chi connectivity index (χ3n) is 3.34. The molecule has 0 saturated heterocycles. The van der Waals surface area contributed by atoms with Gasteiger partial charge in [0.2, 0.25) is 0 Å². The van der Waals surface area contributed by atoms with Crippen molar-refractivity contribution in [2.24, 2.45) is 0 Å². The van der Waals surface area contributed by atoms with Crippen molar-refractivity contribution < 1.29 is 13.5 Å². The van der Waals surface area contributed by atoms with E-state index >= 15 is 0 Å². The Morgan fingerprint density at radius 2 is 1.91 bits per heavy atom. The van der Waals surface area contributed by atoms with Crippen LogP contribution in [0.2, 0.25) is 5.02 Å². The van der Waals surface area contributed by atoms with Gasteiger partial charge in [-0.25, -0.2) is 8.42 Å². The largest absolute Gasteiger partial charge is 0.392 e. The summed E-state index contributed by atoms with van der Waals surface area (Å²) in [4.78, 5) is 4.22. The highest BCUT2D eigenvalue weighted by atomic mass is 35.5. The molecule has 2 N–H and O–H groups in total. The fraction of sp³-hybridized carbons (Fsp3) is 0.0625. The normalized spacial score (nSPS) is 11.6. The van der Waals surface area contributed by atoms with Crippen molar-refractivity contribution in [2.75, 3.05) is 4.72 Å². The number of rotatable bonds is 4. The van der Waals surface area contributed by atoms with Crippen LogP contribution >= 0.6 is 11.6 Å². The van der Waals surface area contributed by atoms with Gasteiger partial charge >= 0.3 is 0 Å². The van der Waals surface area contributed by atoms with Crippen molar-refractivity contribution in [3.8, 4) is 0 Å². The number of aromatic nitrogens is 1. The number of sulfonamides is 1. The summed E-state index contributed by atoms with van der Waals surface area (Å²) in [5, 5.41) is 10.2. The lowest BCUT2D eigenvalue weighted by atomic mass is 10.2. The van der Waals surface area contributed by atoms with Crippen LogP contribution in [-0.2, 0) is 16.6 Å². The summed E-state index contributed by atoms with van der Waals surface area (Å²) < 4.78 is 27.8. The first-order valence-electron chi connectivity index (χ1n) is 6.77. The number of nitrogens with one attached hydrogen (secondary N) is 1. The first kappa shape index (κ1) is 15.7. The number of aliphatic hydroxyl groups excluding tert-OH is 1. The topological polar surface area (TPSA) is 79.3 Å². The molecule has 0 spiro atoms. The molecule has 23 heavy (non-hydrogen) atoms. The van der Waals surface area contributed by atoms with Crippen LogP contribution in [0.1, 0.15) is 5.56 Å². The fourth-order valence-corrected chi connectivity index (χ4v) is 3.71. The molecule has 0 aliphatic rings. The van der Waals surface area contributed by atoms with Crippen LogP contribution in [0, 0.1) is 0 Å². The van der Waals surface area contributed by atoms with E-state index in [2.05, 4.69) is 9.71 Å². The van der Waals surface area contributed by atoms with Gasteiger partial charge in [-0.2, -0.15) is 0 Å². The fourth-order valence-electron chi connectivity index (χ4n) is 2.24. The van der Waals surface area contributed by atoms with Crippen molar-refractivity contribution in [1.29, 1.82) is 0 Å². The zero-order valence-electron chi connectivity index (χ0n) is 11.9. The average molecular weight is 349 g/mol. The summed E-state index contributed by atoms with van der Waals surface area (Å²) >= 11 is 6.04. The second-order valence-corrected chi connectivity index (χ2v) is 6.97. The van der Waals surface area contributed by atoms with Crippen LogP contribution in [0.5, 0.6) is 0 Å². The second-order valence-electron chi connectivity index (χ2n) is 4.91. The minimum Gasteiger partial charge on any atom is -0.392 e. The molecule has 0 bridgehead atoms. The van der Waals surface area contributed by atoms with Gasteiger partial charge in [0.05, 0.1) is 22.8 Å². The summed E-state index contributed by atoms with van der Waals surface area (Å²) in [7, 11) is -3.87. The molecular weight excluding hydrogens is 336 g/mol. The molecule has 3 aromatic rings. The van der Waals surface area contributed by atoms with E-state index in [1.165, 1.54) is 18.2 Å². The highest BCUT2D eigenvalue weighted by Gasteiger charge is 2.19. The average Bonchev–Trinajstić information content (AvgIpc) is 2.56. The SMILES string of the molecule is O=S(=O)(Nc1cc(CO)ccc1Cl)c1cccc2cccnc12. The first-order chi connectivity index (χ1) is 11.0. The lowest BCUT2D eigenvalue weighted by Crippen LogP contribution is -2.14. The maximum atomic E-state index is 12.7. The lowest BCUT2D eigenvalue weighted by molar-refractivity contribution is 0.282. The highest BCUT2D eigenvalue weighted by Crippen LogP contribution is 2.28. The van der Waals surface area contributed by atoms with Crippen LogP contribution < -0.4 is 4.72 Å². The Morgan fingerprint density at radius 1 is 1.13 bits per heavy atom. The number of halogens is 1. The summed E-state index contributed by atoms with van der Waals surface area (Å²) in [5.41, 5.74) is 1.16. The van der Waals surface area contributed by atoms with E-state index in [0.717, 1.165) is 5.39 Å². The highest BCUT2D eigenvalue weighted by molar-refractivity contribution is 7.93. The maximum Gasteiger partial charge on any atom is 0.264 e. The summed E-state index contributed by atoms with van der Waals surface area (Å²) in [5.74, 6) is 0. The number of anilines is 1. The molecule has 7 heteroatoms. The number of benzene rings is 2. The summed E-state index contributed by atoms with van der Waals surface area (Å²) in [6.07, 6.45) is 1.54. The van der Waals surface area contributed by atoms with Crippen LogP contribution in [0.4, 0.5) is 5.69 Å². The van der Waals surface area contributed by atoms with Crippen molar-refractivity contribution >= 4 is 38.2 Å². The standard InChI is InChI=1S/C16H13ClN2O3S/c17-13-7-6-11(10-20)9-14(13)19-23(21,22)15-5-1-3-12-4-2-8-18-16(12)15/h1-9,19-20H,10H2. The molecule has 0 radical (unpaired) electrons. The van der Waals surface area contributed by atoms with Gasteiger partial charge in [0.1, 0.15) is 4.90 Å². The number of fused-ring (bicyclic) bond motifs is 1. The van der Waals surface area contributed by atoms with Crippen LogP contribution in [-0.4, -0.2) is 18.5 Å². The van der Waals surface area contributed by atoms with Crippen LogP contribution in [0.3, 0.4) is 0 Å². The first-order valence-corrected chi connectivity index (χ1v) is 8.63. The third-order valence-corrected chi connectivity index (χ3v) is 5.07. The van der Waals surface area contributed by atoms with Crippen LogP contribution in [0.25, 0.3) is 10.9 Å². The lowest BCUT2D eigenvalue weighted by Gasteiger charge is -2.12. The summed E-state index contributed by atoms with van der Waals surface area (Å²) in [6, 6.07) is 13.1. The molecule has 3 rings (SSSR count). The minimum absolute atomic E-state index is 0.0704. The molecule has 0 saturated carbocycles. The predicted molar refractivity (Wildman–Crippen MR) is 89.9 cm³/mol. The zero-order valence-corrected chi connectivity index (χ0v) is 13.5. The molecule has 0 amide bonds. The predicted octanol–water partition coefficient (Wildman–Crippen LogP) is 3.18. The molecule has 5 nitrogen and oxygen atoms in total. The number of pyridine rings is 1. The Labute approximate surface area is 138 Å². The van der Waals surface area contributed by atoms with E-state index in [1.54, 1.807) is 36.5 Å². The van der Waals surface area contributed by atoms with Crippen molar-refractivity contribution in [3.05, 3.63) is 65.3 Å². The van der Waals surface area contributed by atoms with Gasteiger partial charge in [-0.1, -0.05) is 35.9 Å². The second kappa shape index (κ2) is 6.16. The van der Waals surface area contributed by atoms with Crippen LogP contribution in [0.15, 0.2) is 59.6 Å². The molecule has 0 aliphatic carbocycles. The van der Waals surface area contributed by atoms with Gasteiger partial charge in [-0.3, -0.25) is 9.71 Å². The smallest absolute Gasteiger partial charge is 0.264 e. The molecule has 0 atom stereocenters. The molecule has 118 valence electrons. The van der Waals surface area contributed by atoms with E-state index in [4.69, 9.17) is 11.6 Å². The van der Waals surface area contributed by atoms with E-state index in [-0.39, 0.29) is 22.2 Å². The Bertz CT molecular complexity index is 969. The zero-order chi connectivity index (χ0) is 16.4. The molecule has 2 aromatic carbocycles. The van der Waals surface area contributed by atoms with Crippen molar-refractivity contribution in [1.82, 2.24) is 4.98 Å². The van der Waals surface area contributed by atoms with E-state index in [1.807, 2.05) is 0 Å². The van der Waals surface area contributed by atoms with Gasteiger partial charge in [0.15, 0.2) is 0 Å². The molecular formula is C16H13ClN2O3S. The van der Waals surface area contributed by atoms with E-state index < -0.39 is 10.0 Å². The molecule has 0 aliphatic heterocycles. The quantitative estimate of drug-likeness (QED) is 0.759. The van der Waals surface area contributed by atoms with Gasteiger partial charge < -0.3 is 5.11 Å². The van der Waals surface area contributed by atoms with E-state index in [0.29, 0.717) is 11.1 Å². The van der Waals surface area contributed by atoms with Crippen molar-refractivity contribution in [2.45, 2.75) is 11.5 Å². The minimum atomic E-state index is -3.87. The molecule has 0 fully saturated rings. The number of hydrogen-bond donors (Lipinski definition) is 2. The molecule has 0 unspecified atom stereocenters. The van der Waals surface area contributed by atoms with Gasteiger partial charge in [-0.05, 0) is 29.8 Å². The van der Waals surface area contributed by atoms with E-state index in [9.17, 15) is 13.5 Å². The Hall–Kier alpha value is -2.15. The summed E-state index contributed by atoms with van der Waals surface area (Å²) in [6.45, 7) is -0.207. The number of aliphatic hydroxyl groups is 1. The Morgan fingerprint density at radius 3 is 2.70 bits per heavy atom. The Kier molecular flexibility index (Phi) is 4.21. The van der Waals surface area contributed by atoms with Gasteiger partial charge in [0, 0.05) is 11.6 Å². The van der Waals surface area contributed by atoms with Gasteiger partial charge in [0.25, 0.3) is 10.0 Å². The maximum absolute atomic E-state index is 12.7. The number of para-hydroxylation sites is 1. The number of hydrogen-bond acceptors (Lipinski definition) is 4. The monoisotopic (exact) mass is 348 g/mol. The molecule has 1 aromatic heterocycles. The molecule has 1 heterocycles. The Balaban J connectivity index is 2.08. The third kappa shape index (κ3) is 3.14. The number of nitrogens with zero attached hydrogens (tertiary/aromatic N) is 1.